The molecule has 0 aromatic carbocycles. The highest BCUT2D eigenvalue weighted by atomic mass is 79.9. The molecular weight excluding hydrogens is 330 g/mol. The Morgan fingerprint density at radius 3 is 2.86 bits per heavy atom. The fourth-order valence-corrected chi connectivity index (χ4v) is 3.05. The molecule has 0 bridgehead atoms. The Labute approximate surface area is 135 Å². The molecule has 0 aliphatic heterocycles. The van der Waals surface area contributed by atoms with Crippen molar-refractivity contribution in [1.82, 2.24) is 10.3 Å². The maximum absolute atomic E-state index is 12.4. The molecule has 1 aromatic rings. The molecule has 1 aliphatic carbocycles. The highest BCUT2D eigenvalue weighted by Crippen LogP contribution is 2.23. The third-order valence-corrected chi connectivity index (χ3v) is 4.35. The molecule has 0 unspecified atom stereocenters. The SMILES string of the molecule is CCCNc1ncc(Br)cc1C(=O)NCC1CCCCC1. The van der Waals surface area contributed by atoms with Gasteiger partial charge in [-0.05, 0) is 47.2 Å². The van der Waals surface area contributed by atoms with Gasteiger partial charge in [-0.2, -0.15) is 0 Å². The van der Waals surface area contributed by atoms with E-state index in [4.69, 9.17) is 0 Å². The summed E-state index contributed by atoms with van der Waals surface area (Å²) in [6.07, 6.45) is 9.11. The maximum atomic E-state index is 12.4. The molecule has 1 saturated carbocycles. The lowest BCUT2D eigenvalue weighted by Crippen LogP contribution is -2.31. The number of anilines is 1. The molecule has 1 heterocycles. The van der Waals surface area contributed by atoms with Gasteiger partial charge in [0.25, 0.3) is 5.91 Å². The molecule has 2 N–H and O–H groups in total. The number of carbonyl (C=O) groups excluding carboxylic acids is 1. The van der Waals surface area contributed by atoms with Crippen LogP contribution >= 0.6 is 15.9 Å². The van der Waals surface area contributed by atoms with Crippen molar-refractivity contribution >= 4 is 27.7 Å². The van der Waals surface area contributed by atoms with Crippen molar-refractivity contribution < 1.29 is 4.79 Å². The van der Waals surface area contributed by atoms with Crippen LogP contribution in [0.4, 0.5) is 5.82 Å². The summed E-state index contributed by atoms with van der Waals surface area (Å²) in [7, 11) is 0. The highest BCUT2D eigenvalue weighted by Gasteiger charge is 2.17. The zero-order valence-electron chi connectivity index (χ0n) is 12.6. The molecule has 0 saturated heterocycles. The number of rotatable bonds is 6. The van der Waals surface area contributed by atoms with Crippen LogP contribution in [0.3, 0.4) is 0 Å². The summed E-state index contributed by atoms with van der Waals surface area (Å²) in [5.41, 5.74) is 0.619. The average molecular weight is 354 g/mol. The Morgan fingerprint density at radius 2 is 2.14 bits per heavy atom. The third kappa shape index (κ3) is 4.99. The van der Waals surface area contributed by atoms with Crippen molar-refractivity contribution in [2.75, 3.05) is 18.4 Å². The second-order valence-corrected chi connectivity index (χ2v) is 6.61. The summed E-state index contributed by atoms with van der Waals surface area (Å²) < 4.78 is 0.826. The lowest BCUT2D eigenvalue weighted by Gasteiger charge is -2.22. The topological polar surface area (TPSA) is 54.0 Å². The zero-order valence-corrected chi connectivity index (χ0v) is 14.2. The first kappa shape index (κ1) is 16.3. The van der Waals surface area contributed by atoms with Gasteiger partial charge in [0.05, 0.1) is 5.56 Å². The van der Waals surface area contributed by atoms with E-state index in [9.17, 15) is 4.79 Å². The van der Waals surface area contributed by atoms with Crippen molar-refractivity contribution in [3.8, 4) is 0 Å². The van der Waals surface area contributed by atoms with Gasteiger partial charge in [0, 0.05) is 23.8 Å². The molecule has 1 amide bonds. The van der Waals surface area contributed by atoms with Gasteiger partial charge in [0.1, 0.15) is 5.82 Å². The predicted octanol–water partition coefficient (Wildman–Crippen LogP) is 3.98. The van der Waals surface area contributed by atoms with Crippen molar-refractivity contribution in [1.29, 1.82) is 0 Å². The van der Waals surface area contributed by atoms with Crippen molar-refractivity contribution in [3.63, 3.8) is 0 Å². The quantitative estimate of drug-likeness (QED) is 0.813. The predicted molar refractivity (Wildman–Crippen MR) is 89.6 cm³/mol. The minimum absolute atomic E-state index is 0.0343. The Morgan fingerprint density at radius 1 is 1.38 bits per heavy atom. The Kier molecular flexibility index (Phi) is 6.49. The summed E-state index contributed by atoms with van der Waals surface area (Å²) in [6, 6.07) is 1.83. The monoisotopic (exact) mass is 353 g/mol. The summed E-state index contributed by atoms with van der Waals surface area (Å²) in [5, 5.41) is 6.29. The number of pyridine rings is 1. The van der Waals surface area contributed by atoms with Crippen molar-refractivity contribution in [3.05, 3.63) is 22.3 Å². The summed E-state index contributed by atoms with van der Waals surface area (Å²) in [4.78, 5) is 16.7. The van der Waals surface area contributed by atoms with Gasteiger partial charge >= 0.3 is 0 Å². The first-order valence-corrected chi connectivity index (χ1v) is 8.67. The smallest absolute Gasteiger partial charge is 0.255 e. The second-order valence-electron chi connectivity index (χ2n) is 5.69. The molecule has 0 atom stereocenters. The molecule has 1 aliphatic rings. The van der Waals surface area contributed by atoms with Crippen molar-refractivity contribution in [2.24, 2.45) is 5.92 Å². The second kappa shape index (κ2) is 8.37. The van der Waals surface area contributed by atoms with E-state index >= 15 is 0 Å². The summed E-state index contributed by atoms with van der Waals surface area (Å²) >= 11 is 3.39. The molecule has 21 heavy (non-hydrogen) atoms. The number of amides is 1. The molecule has 0 spiro atoms. The molecule has 1 aromatic heterocycles. The van der Waals surface area contributed by atoms with Crippen LogP contribution in [0.15, 0.2) is 16.7 Å². The lowest BCUT2D eigenvalue weighted by molar-refractivity contribution is 0.0944. The zero-order chi connectivity index (χ0) is 15.1. The Balaban J connectivity index is 1.97. The molecule has 1 fully saturated rings. The van der Waals surface area contributed by atoms with Gasteiger partial charge in [-0.1, -0.05) is 26.2 Å². The minimum atomic E-state index is -0.0343. The number of nitrogens with one attached hydrogen (secondary N) is 2. The van der Waals surface area contributed by atoms with Crippen LogP contribution < -0.4 is 10.6 Å². The minimum Gasteiger partial charge on any atom is -0.369 e. The first-order chi connectivity index (χ1) is 10.2. The number of hydrogen-bond acceptors (Lipinski definition) is 3. The van der Waals surface area contributed by atoms with Gasteiger partial charge in [0.2, 0.25) is 0 Å². The average Bonchev–Trinajstić information content (AvgIpc) is 2.52. The Hall–Kier alpha value is -1.10. The summed E-state index contributed by atoms with van der Waals surface area (Å²) in [6.45, 7) is 3.69. The van der Waals surface area contributed by atoms with Crippen LogP contribution in [0.2, 0.25) is 0 Å². The van der Waals surface area contributed by atoms with E-state index < -0.39 is 0 Å². The Bertz CT molecular complexity index is 473. The number of halogens is 1. The van der Waals surface area contributed by atoms with Gasteiger partial charge in [-0.3, -0.25) is 4.79 Å². The largest absolute Gasteiger partial charge is 0.369 e. The van der Waals surface area contributed by atoms with Gasteiger partial charge < -0.3 is 10.6 Å². The van der Waals surface area contributed by atoms with Crippen LogP contribution in [-0.2, 0) is 0 Å². The molecule has 116 valence electrons. The standard InChI is InChI=1S/C16H24BrN3O/c1-2-8-18-15-14(9-13(17)11-19-15)16(21)20-10-12-6-4-3-5-7-12/h9,11-12H,2-8,10H2,1H3,(H,18,19)(H,20,21). The van der Waals surface area contributed by atoms with E-state index in [2.05, 4.69) is 38.5 Å². The molecule has 0 radical (unpaired) electrons. The normalized spacial score (nSPS) is 15.7. The number of aromatic nitrogens is 1. The van der Waals surface area contributed by atoms with E-state index in [1.807, 2.05) is 6.07 Å². The van der Waals surface area contributed by atoms with Crippen LogP contribution in [0.5, 0.6) is 0 Å². The molecule has 2 rings (SSSR count). The van der Waals surface area contributed by atoms with E-state index in [0.717, 1.165) is 24.0 Å². The van der Waals surface area contributed by atoms with E-state index in [1.54, 1.807) is 6.20 Å². The van der Waals surface area contributed by atoms with Gasteiger partial charge in [-0.15, -0.1) is 0 Å². The van der Waals surface area contributed by atoms with E-state index in [1.165, 1.54) is 32.1 Å². The first-order valence-electron chi connectivity index (χ1n) is 7.88. The fraction of sp³-hybridized carbons (Fsp3) is 0.625. The van der Waals surface area contributed by atoms with Crippen LogP contribution in [0.1, 0.15) is 55.8 Å². The van der Waals surface area contributed by atoms with E-state index in [0.29, 0.717) is 17.3 Å². The summed E-state index contributed by atoms with van der Waals surface area (Å²) in [5.74, 6) is 1.27. The molecular formula is C16H24BrN3O. The molecule has 5 heteroatoms. The highest BCUT2D eigenvalue weighted by molar-refractivity contribution is 9.10. The van der Waals surface area contributed by atoms with E-state index in [-0.39, 0.29) is 5.91 Å². The van der Waals surface area contributed by atoms with Crippen LogP contribution in [0, 0.1) is 5.92 Å². The molecule has 4 nitrogen and oxygen atoms in total. The van der Waals surface area contributed by atoms with Crippen LogP contribution in [0.25, 0.3) is 0 Å². The third-order valence-electron chi connectivity index (χ3n) is 3.92. The number of nitrogens with zero attached hydrogens (tertiary/aromatic N) is 1. The van der Waals surface area contributed by atoms with Gasteiger partial charge in [-0.25, -0.2) is 4.98 Å². The van der Waals surface area contributed by atoms with Gasteiger partial charge in [0.15, 0.2) is 0 Å². The number of hydrogen-bond donors (Lipinski definition) is 2. The lowest BCUT2D eigenvalue weighted by atomic mass is 9.89. The number of carbonyl (C=O) groups is 1. The van der Waals surface area contributed by atoms with Crippen molar-refractivity contribution in [2.45, 2.75) is 45.4 Å². The fourth-order valence-electron chi connectivity index (χ4n) is 2.72. The maximum Gasteiger partial charge on any atom is 0.255 e. The van der Waals surface area contributed by atoms with Crippen LogP contribution in [-0.4, -0.2) is 24.0 Å².